The number of unbranched alkanes of at least 4 members (excludes halogenated alkanes) is 17. The summed E-state index contributed by atoms with van der Waals surface area (Å²) in [5.41, 5.74) is 0. The largest absolute Gasteiger partial charge is 0.306 e. The zero-order valence-corrected chi connectivity index (χ0v) is 23.6. The second-order valence-corrected chi connectivity index (χ2v) is 10.6. The molecule has 0 aliphatic carbocycles. The lowest BCUT2D eigenvalue weighted by Gasteiger charge is -2.24. The molecule has 1 atom stereocenters. The molecular formula is C32H63N. The van der Waals surface area contributed by atoms with E-state index in [2.05, 4.69) is 57.1 Å². The maximum Gasteiger partial charge on any atom is 0.00891 e. The lowest BCUT2D eigenvalue weighted by molar-refractivity contribution is 0.251. The topological polar surface area (TPSA) is 3.24 Å². The lowest BCUT2D eigenvalue weighted by atomic mass is 9.99. The zero-order valence-electron chi connectivity index (χ0n) is 23.6. The van der Waals surface area contributed by atoms with E-state index in [9.17, 15) is 0 Å². The van der Waals surface area contributed by atoms with E-state index >= 15 is 0 Å². The van der Waals surface area contributed by atoms with Crippen molar-refractivity contribution in [1.82, 2.24) is 4.90 Å². The number of nitrogens with zero attached hydrogens (tertiary/aromatic N) is 1. The van der Waals surface area contributed by atoms with Gasteiger partial charge >= 0.3 is 0 Å². The molecule has 196 valence electrons. The first-order chi connectivity index (χ1) is 16.2. The molecule has 0 spiro atoms. The number of rotatable bonds is 26. The Kier molecular flexibility index (Phi) is 27.2. The Balaban J connectivity index is 3.40. The molecule has 0 heterocycles. The lowest BCUT2D eigenvalue weighted by Crippen LogP contribution is -2.27. The molecule has 0 saturated carbocycles. The van der Waals surface area contributed by atoms with Gasteiger partial charge in [-0.15, -0.1) is 0 Å². The van der Waals surface area contributed by atoms with Gasteiger partial charge in [0.25, 0.3) is 0 Å². The summed E-state index contributed by atoms with van der Waals surface area (Å²) in [6.07, 6.45) is 41.4. The van der Waals surface area contributed by atoms with Gasteiger partial charge in [0.15, 0.2) is 0 Å². The fourth-order valence-corrected chi connectivity index (χ4v) is 4.72. The fraction of sp³-hybridized carbons (Fsp3) is 0.875. The number of hydrogen-bond acceptors (Lipinski definition) is 1. The highest BCUT2D eigenvalue weighted by Crippen LogP contribution is 2.17. The second-order valence-electron chi connectivity index (χ2n) is 10.6. The van der Waals surface area contributed by atoms with Gasteiger partial charge < -0.3 is 4.90 Å². The third-order valence-corrected chi connectivity index (χ3v) is 7.11. The third-order valence-electron chi connectivity index (χ3n) is 7.11. The molecule has 1 nitrogen and oxygen atoms in total. The van der Waals surface area contributed by atoms with Crippen LogP contribution in [0.5, 0.6) is 0 Å². The summed E-state index contributed by atoms with van der Waals surface area (Å²) in [5.74, 6) is 0. The average Bonchev–Trinajstić information content (AvgIpc) is 2.81. The smallest absolute Gasteiger partial charge is 0.00891 e. The first-order valence-corrected chi connectivity index (χ1v) is 15.2. The molecule has 0 amide bonds. The highest BCUT2D eigenvalue weighted by molar-refractivity contribution is 4.92. The SMILES string of the molecule is CCCCC/C=C\C/C=C\CCCCCCCCCCCC(CCCCCCCC)N(C)C. The second kappa shape index (κ2) is 27.7. The standard InChI is InChI=1S/C32H63N/c1-5-7-9-11-13-14-15-16-17-18-19-20-21-22-23-24-25-27-29-31-32(33(3)4)30-28-26-12-10-8-6-2/h13-14,16-17,32H,5-12,15,18-31H2,1-4H3/b14-13-,17-16-. The van der Waals surface area contributed by atoms with Crippen molar-refractivity contribution in [2.24, 2.45) is 0 Å². The highest BCUT2D eigenvalue weighted by atomic mass is 15.1. The minimum Gasteiger partial charge on any atom is -0.306 e. The van der Waals surface area contributed by atoms with E-state index in [4.69, 9.17) is 0 Å². The summed E-state index contributed by atoms with van der Waals surface area (Å²) < 4.78 is 0. The minimum absolute atomic E-state index is 0.812. The van der Waals surface area contributed by atoms with E-state index in [1.54, 1.807) is 0 Å². The van der Waals surface area contributed by atoms with Crippen LogP contribution < -0.4 is 0 Å². The Labute approximate surface area is 210 Å². The summed E-state index contributed by atoms with van der Waals surface area (Å²) >= 11 is 0. The summed E-state index contributed by atoms with van der Waals surface area (Å²) in [5, 5.41) is 0. The molecule has 1 unspecified atom stereocenters. The van der Waals surface area contributed by atoms with Crippen molar-refractivity contribution in [3.8, 4) is 0 Å². The number of hydrogen-bond donors (Lipinski definition) is 0. The van der Waals surface area contributed by atoms with Crippen LogP contribution >= 0.6 is 0 Å². The molecule has 0 aliphatic heterocycles. The van der Waals surface area contributed by atoms with Crippen LogP contribution in [0.15, 0.2) is 24.3 Å². The van der Waals surface area contributed by atoms with Crippen molar-refractivity contribution in [1.29, 1.82) is 0 Å². The van der Waals surface area contributed by atoms with E-state index in [0.717, 1.165) is 12.5 Å². The molecular weight excluding hydrogens is 398 g/mol. The molecule has 0 aromatic rings. The fourth-order valence-electron chi connectivity index (χ4n) is 4.72. The van der Waals surface area contributed by atoms with Crippen LogP contribution in [0, 0.1) is 0 Å². The predicted octanol–water partition coefficient (Wildman–Crippen LogP) is 11.0. The van der Waals surface area contributed by atoms with Crippen molar-refractivity contribution in [3.63, 3.8) is 0 Å². The molecule has 0 saturated heterocycles. The van der Waals surface area contributed by atoms with E-state index in [1.165, 1.54) is 141 Å². The Morgan fingerprint density at radius 2 is 0.818 bits per heavy atom. The van der Waals surface area contributed by atoms with Gasteiger partial charge in [0.1, 0.15) is 0 Å². The van der Waals surface area contributed by atoms with Crippen molar-refractivity contribution in [2.75, 3.05) is 14.1 Å². The van der Waals surface area contributed by atoms with Gasteiger partial charge in [-0.25, -0.2) is 0 Å². The van der Waals surface area contributed by atoms with Gasteiger partial charge in [-0.1, -0.05) is 141 Å². The van der Waals surface area contributed by atoms with Gasteiger partial charge in [-0.3, -0.25) is 0 Å². The molecule has 0 N–H and O–H groups in total. The van der Waals surface area contributed by atoms with Crippen LogP contribution in [-0.4, -0.2) is 25.0 Å². The highest BCUT2D eigenvalue weighted by Gasteiger charge is 2.10. The zero-order chi connectivity index (χ0) is 24.2. The molecule has 0 radical (unpaired) electrons. The summed E-state index contributed by atoms with van der Waals surface area (Å²) in [4.78, 5) is 2.48. The maximum absolute atomic E-state index is 2.48. The third kappa shape index (κ3) is 25.9. The summed E-state index contributed by atoms with van der Waals surface area (Å²) in [7, 11) is 4.56. The Bertz CT molecular complexity index is 409. The molecule has 0 aliphatic rings. The van der Waals surface area contributed by atoms with Crippen LogP contribution in [0.1, 0.15) is 162 Å². The average molecular weight is 462 g/mol. The monoisotopic (exact) mass is 461 g/mol. The van der Waals surface area contributed by atoms with Crippen molar-refractivity contribution in [3.05, 3.63) is 24.3 Å². The molecule has 0 rings (SSSR count). The Hall–Kier alpha value is -0.560. The van der Waals surface area contributed by atoms with Crippen molar-refractivity contribution >= 4 is 0 Å². The minimum atomic E-state index is 0.812. The van der Waals surface area contributed by atoms with Crippen LogP contribution in [0.2, 0.25) is 0 Å². The van der Waals surface area contributed by atoms with Gasteiger partial charge in [0.2, 0.25) is 0 Å². The number of allylic oxidation sites excluding steroid dienone is 4. The van der Waals surface area contributed by atoms with Crippen LogP contribution in [-0.2, 0) is 0 Å². The molecule has 1 heteroatoms. The molecule has 0 bridgehead atoms. The van der Waals surface area contributed by atoms with Gasteiger partial charge in [-0.05, 0) is 59.0 Å². The van der Waals surface area contributed by atoms with Gasteiger partial charge in [-0.2, -0.15) is 0 Å². The maximum atomic E-state index is 2.48. The van der Waals surface area contributed by atoms with Crippen LogP contribution in [0.3, 0.4) is 0 Å². The first kappa shape index (κ1) is 32.4. The van der Waals surface area contributed by atoms with Crippen LogP contribution in [0.4, 0.5) is 0 Å². The van der Waals surface area contributed by atoms with Crippen molar-refractivity contribution < 1.29 is 0 Å². The predicted molar refractivity (Wildman–Crippen MR) is 153 cm³/mol. The quantitative estimate of drug-likeness (QED) is 0.0914. The Morgan fingerprint density at radius 1 is 0.455 bits per heavy atom. The van der Waals surface area contributed by atoms with E-state index in [1.807, 2.05) is 0 Å². The molecule has 0 fully saturated rings. The molecule has 33 heavy (non-hydrogen) atoms. The summed E-state index contributed by atoms with van der Waals surface area (Å²) in [6.45, 7) is 4.57. The Morgan fingerprint density at radius 3 is 1.27 bits per heavy atom. The van der Waals surface area contributed by atoms with Gasteiger partial charge in [0, 0.05) is 6.04 Å². The first-order valence-electron chi connectivity index (χ1n) is 15.2. The van der Waals surface area contributed by atoms with E-state index in [0.29, 0.717) is 0 Å². The normalized spacial score (nSPS) is 13.1. The molecule has 0 aromatic carbocycles. The molecule has 0 aromatic heterocycles. The van der Waals surface area contributed by atoms with Gasteiger partial charge in [0.05, 0.1) is 0 Å². The van der Waals surface area contributed by atoms with Crippen LogP contribution in [0.25, 0.3) is 0 Å². The van der Waals surface area contributed by atoms with Crippen molar-refractivity contribution in [2.45, 2.75) is 168 Å². The summed E-state index contributed by atoms with van der Waals surface area (Å²) in [6, 6.07) is 0.812. The van der Waals surface area contributed by atoms with E-state index in [-0.39, 0.29) is 0 Å². The van der Waals surface area contributed by atoms with E-state index < -0.39 is 0 Å².